The van der Waals surface area contributed by atoms with E-state index in [0.717, 1.165) is 10.6 Å². The predicted octanol–water partition coefficient (Wildman–Crippen LogP) is 1.67. The molecule has 1 rings (SSSR count). The fourth-order valence-electron chi connectivity index (χ4n) is 0.732. The van der Waals surface area contributed by atoms with Crippen LogP contribution in [0.15, 0.2) is 23.4 Å². The number of nitrogen functional groups attached to an aromatic ring is 1. The highest BCUT2D eigenvalue weighted by Crippen LogP contribution is 2.23. The fraction of sp³-hybridized carbons (Fsp3) is 0.250. The largest absolute Gasteiger partial charge is 0.397 e. The van der Waals surface area contributed by atoms with E-state index in [2.05, 4.69) is 11.1 Å². The van der Waals surface area contributed by atoms with Gasteiger partial charge in [0.25, 0.3) is 0 Å². The van der Waals surface area contributed by atoms with Gasteiger partial charge in [-0.3, -0.25) is 4.98 Å². The molecule has 0 aliphatic heterocycles. The molecule has 62 valence electrons. The van der Waals surface area contributed by atoms with E-state index in [-0.39, 0.29) is 0 Å². The first-order chi connectivity index (χ1) is 5.84. The molecular weight excluding hydrogens is 170 g/mol. The summed E-state index contributed by atoms with van der Waals surface area (Å²) >= 11 is 1.58. The standard InChI is InChI=1S/C8H9N3S/c9-3-1-5-12-8-2-4-11-6-7(8)10/h2,4,6H,1,5,10H2. The van der Waals surface area contributed by atoms with Crippen molar-refractivity contribution < 1.29 is 0 Å². The Morgan fingerprint density at radius 2 is 2.50 bits per heavy atom. The fourth-order valence-corrected chi connectivity index (χ4v) is 1.52. The van der Waals surface area contributed by atoms with Crippen LogP contribution >= 0.6 is 11.8 Å². The molecular formula is C8H9N3S. The predicted molar refractivity (Wildman–Crippen MR) is 49.6 cm³/mol. The van der Waals surface area contributed by atoms with Crippen LogP contribution < -0.4 is 5.73 Å². The van der Waals surface area contributed by atoms with E-state index >= 15 is 0 Å². The number of anilines is 1. The molecule has 0 unspecified atom stereocenters. The van der Waals surface area contributed by atoms with Gasteiger partial charge in [0.1, 0.15) is 0 Å². The summed E-state index contributed by atoms with van der Waals surface area (Å²) in [5, 5.41) is 8.31. The molecule has 0 aliphatic rings. The second kappa shape index (κ2) is 4.62. The Morgan fingerprint density at radius 3 is 3.17 bits per heavy atom. The first-order valence-electron chi connectivity index (χ1n) is 3.54. The van der Waals surface area contributed by atoms with Gasteiger partial charge < -0.3 is 5.73 Å². The topological polar surface area (TPSA) is 62.7 Å². The van der Waals surface area contributed by atoms with Gasteiger partial charge in [0.05, 0.1) is 18.0 Å². The summed E-state index contributed by atoms with van der Waals surface area (Å²) in [7, 11) is 0. The Kier molecular flexibility index (Phi) is 3.42. The second-order valence-electron chi connectivity index (χ2n) is 2.17. The summed E-state index contributed by atoms with van der Waals surface area (Å²) in [5.41, 5.74) is 6.32. The van der Waals surface area contributed by atoms with Gasteiger partial charge in [-0.15, -0.1) is 11.8 Å². The van der Waals surface area contributed by atoms with Crippen molar-refractivity contribution in [3.63, 3.8) is 0 Å². The number of thioether (sulfide) groups is 1. The van der Waals surface area contributed by atoms with Crippen LogP contribution in [0.4, 0.5) is 5.69 Å². The molecule has 1 aromatic rings. The highest BCUT2D eigenvalue weighted by molar-refractivity contribution is 7.99. The van der Waals surface area contributed by atoms with Crippen molar-refractivity contribution in [3.8, 4) is 6.07 Å². The number of nitrogens with two attached hydrogens (primary N) is 1. The van der Waals surface area contributed by atoms with Crippen LogP contribution in [-0.2, 0) is 0 Å². The van der Waals surface area contributed by atoms with Gasteiger partial charge >= 0.3 is 0 Å². The third-order valence-corrected chi connectivity index (χ3v) is 2.37. The van der Waals surface area contributed by atoms with Gasteiger partial charge in [0.15, 0.2) is 0 Å². The zero-order chi connectivity index (χ0) is 8.81. The number of nitrogens with zero attached hydrogens (tertiary/aromatic N) is 2. The number of hydrogen-bond donors (Lipinski definition) is 1. The number of nitriles is 1. The number of aromatic nitrogens is 1. The van der Waals surface area contributed by atoms with E-state index in [0.29, 0.717) is 12.1 Å². The number of pyridine rings is 1. The first-order valence-corrected chi connectivity index (χ1v) is 4.52. The van der Waals surface area contributed by atoms with Gasteiger partial charge in [0, 0.05) is 23.3 Å². The van der Waals surface area contributed by atoms with Crippen molar-refractivity contribution in [2.45, 2.75) is 11.3 Å². The molecule has 1 heterocycles. The van der Waals surface area contributed by atoms with E-state index in [9.17, 15) is 0 Å². The molecule has 3 nitrogen and oxygen atoms in total. The average Bonchev–Trinajstić information content (AvgIpc) is 2.09. The van der Waals surface area contributed by atoms with Crippen molar-refractivity contribution in [2.24, 2.45) is 0 Å². The van der Waals surface area contributed by atoms with Gasteiger partial charge in [-0.25, -0.2) is 0 Å². The molecule has 0 fully saturated rings. The normalized spacial score (nSPS) is 9.25. The maximum atomic E-state index is 8.31. The molecule has 0 aromatic carbocycles. The Balaban J connectivity index is 2.53. The molecule has 0 bridgehead atoms. The zero-order valence-corrected chi connectivity index (χ0v) is 7.34. The highest BCUT2D eigenvalue weighted by atomic mass is 32.2. The van der Waals surface area contributed by atoms with Crippen LogP contribution in [0, 0.1) is 11.3 Å². The smallest absolute Gasteiger partial charge is 0.0638 e. The molecule has 0 aliphatic carbocycles. The van der Waals surface area contributed by atoms with Crippen LogP contribution in [0.5, 0.6) is 0 Å². The van der Waals surface area contributed by atoms with Gasteiger partial charge in [-0.05, 0) is 6.07 Å². The average molecular weight is 179 g/mol. The van der Waals surface area contributed by atoms with E-state index in [1.807, 2.05) is 6.07 Å². The third-order valence-electron chi connectivity index (χ3n) is 1.28. The second-order valence-corrected chi connectivity index (χ2v) is 3.31. The van der Waals surface area contributed by atoms with Crippen LogP contribution in [0.25, 0.3) is 0 Å². The van der Waals surface area contributed by atoms with Crippen molar-refractivity contribution in [3.05, 3.63) is 18.5 Å². The van der Waals surface area contributed by atoms with Gasteiger partial charge in [-0.1, -0.05) is 0 Å². The molecule has 1 aromatic heterocycles. The van der Waals surface area contributed by atoms with Crippen molar-refractivity contribution >= 4 is 17.4 Å². The number of hydrogen-bond acceptors (Lipinski definition) is 4. The molecule has 2 N–H and O–H groups in total. The molecule has 0 saturated carbocycles. The van der Waals surface area contributed by atoms with Crippen LogP contribution in [-0.4, -0.2) is 10.7 Å². The summed E-state index contributed by atoms with van der Waals surface area (Å²) in [6.45, 7) is 0. The lowest BCUT2D eigenvalue weighted by atomic mass is 10.4. The minimum atomic E-state index is 0.548. The van der Waals surface area contributed by atoms with E-state index in [1.165, 1.54) is 0 Å². The summed E-state index contributed by atoms with van der Waals surface area (Å²) in [6, 6.07) is 3.94. The first kappa shape index (κ1) is 8.88. The van der Waals surface area contributed by atoms with Crippen molar-refractivity contribution in [1.82, 2.24) is 4.98 Å². The van der Waals surface area contributed by atoms with Crippen molar-refractivity contribution in [2.75, 3.05) is 11.5 Å². The lowest BCUT2D eigenvalue weighted by molar-refractivity contribution is 1.22. The van der Waals surface area contributed by atoms with Crippen molar-refractivity contribution in [1.29, 1.82) is 5.26 Å². The van der Waals surface area contributed by atoms with Gasteiger partial charge in [-0.2, -0.15) is 5.26 Å². The lowest BCUT2D eigenvalue weighted by Crippen LogP contribution is -1.89. The van der Waals surface area contributed by atoms with Crippen LogP contribution in [0.2, 0.25) is 0 Å². The van der Waals surface area contributed by atoms with E-state index in [4.69, 9.17) is 11.0 Å². The zero-order valence-electron chi connectivity index (χ0n) is 6.53. The summed E-state index contributed by atoms with van der Waals surface area (Å²) in [4.78, 5) is 4.87. The minimum Gasteiger partial charge on any atom is -0.397 e. The minimum absolute atomic E-state index is 0.548. The molecule has 0 saturated heterocycles. The lowest BCUT2D eigenvalue weighted by Gasteiger charge is -2.00. The highest BCUT2D eigenvalue weighted by Gasteiger charge is 1.97. The quantitative estimate of drug-likeness (QED) is 0.566. The van der Waals surface area contributed by atoms with E-state index < -0.39 is 0 Å². The molecule has 4 heteroatoms. The Hall–Kier alpha value is -1.21. The summed E-state index contributed by atoms with van der Waals surface area (Å²) in [6.07, 6.45) is 3.87. The van der Waals surface area contributed by atoms with E-state index in [1.54, 1.807) is 24.2 Å². The number of rotatable bonds is 3. The summed E-state index contributed by atoms with van der Waals surface area (Å²) in [5.74, 6) is 0.782. The maximum absolute atomic E-state index is 8.31. The molecule has 12 heavy (non-hydrogen) atoms. The monoisotopic (exact) mass is 179 g/mol. The third kappa shape index (κ3) is 2.44. The molecule has 0 spiro atoms. The Morgan fingerprint density at radius 1 is 1.67 bits per heavy atom. The maximum Gasteiger partial charge on any atom is 0.0638 e. The molecule has 0 amide bonds. The molecule has 0 atom stereocenters. The Labute approximate surface area is 75.6 Å². The Bertz CT molecular complexity index is 293. The molecule has 0 radical (unpaired) electrons. The van der Waals surface area contributed by atoms with Gasteiger partial charge in [0.2, 0.25) is 0 Å². The van der Waals surface area contributed by atoms with Crippen LogP contribution in [0.3, 0.4) is 0 Å². The summed E-state index contributed by atoms with van der Waals surface area (Å²) < 4.78 is 0. The van der Waals surface area contributed by atoms with Crippen LogP contribution in [0.1, 0.15) is 6.42 Å². The SMILES string of the molecule is N#CCCSc1ccncc1N.